The van der Waals surface area contributed by atoms with Crippen molar-refractivity contribution in [2.45, 2.75) is 12.8 Å². The van der Waals surface area contributed by atoms with Crippen molar-refractivity contribution in [2.24, 2.45) is 0 Å². The van der Waals surface area contributed by atoms with Crippen LogP contribution in [0.15, 0.2) is 60.7 Å². The molecule has 0 nitrogen and oxygen atoms in total. The summed E-state index contributed by atoms with van der Waals surface area (Å²) >= 11 is 1.30. The van der Waals surface area contributed by atoms with Crippen LogP contribution in [0.4, 0.5) is 0 Å². The van der Waals surface area contributed by atoms with Gasteiger partial charge < -0.3 is 14.9 Å². The van der Waals surface area contributed by atoms with Crippen LogP contribution in [0, 0.1) is 27.0 Å². The van der Waals surface area contributed by atoms with E-state index in [1.807, 2.05) is 18.2 Å². The van der Waals surface area contributed by atoms with Gasteiger partial charge in [-0.1, -0.05) is 35.4 Å². The first-order valence-electron chi connectivity index (χ1n) is 6.60. The Morgan fingerprint density at radius 1 is 0.955 bits per heavy atom. The van der Waals surface area contributed by atoms with Crippen LogP contribution in [0.25, 0.3) is 11.1 Å². The van der Waals surface area contributed by atoms with E-state index in [0.717, 1.165) is 12.8 Å². The first-order valence-corrected chi connectivity index (χ1v) is 8.34. The number of benzene rings is 2. The second kappa shape index (κ2) is 11.3. The molecule has 0 fully saturated rings. The molecule has 2 aliphatic rings. The Hall–Kier alpha value is -1.33. The topological polar surface area (TPSA) is 0 Å². The fourth-order valence-corrected chi connectivity index (χ4v) is 2.34. The van der Waals surface area contributed by atoms with Crippen LogP contribution in [-0.4, -0.2) is 4.21 Å². The monoisotopic (exact) mass is 364 g/mol. The molecule has 2 aromatic rings. The normalized spacial score (nSPS) is 11.4. The quantitative estimate of drug-likeness (QED) is 0.479. The van der Waals surface area contributed by atoms with Crippen molar-refractivity contribution < 1.29 is 24.2 Å². The fraction of sp³-hybridized carbons (Fsp3) is 0.0952. The summed E-state index contributed by atoms with van der Waals surface area (Å²) in [4.78, 5) is 0. The Morgan fingerprint density at radius 3 is 2.32 bits per heavy atom. The molecule has 22 heavy (non-hydrogen) atoms. The summed E-state index contributed by atoms with van der Waals surface area (Å²) in [5.41, 5.74) is 5.51. The van der Waals surface area contributed by atoms with Gasteiger partial charge in [0.2, 0.25) is 0 Å². The maximum atomic E-state index is 3.34. The Bertz CT molecular complexity index is 570. The van der Waals surface area contributed by atoms with Gasteiger partial charge in [0.25, 0.3) is 0 Å². The Morgan fingerprint density at radius 2 is 1.68 bits per heavy atom. The zero-order valence-electron chi connectivity index (χ0n) is 13.4. The first kappa shape index (κ1) is 20.7. The molecule has 0 radical (unpaired) electrons. The molecule has 0 bridgehead atoms. The number of hydrogen-bond acceptors (Lipinski definition) is 0. The predicted octanol–water partition coefficient (Wildman–Crippen LogP) is 5.23. The van der Waals surface area contributed by atoms with Gasteiger partial charge in [0.1, 0.15) is 0 Å². The third-order valence-corrected chi connectivity index (χ3v) is 3.20. The second-order valence-electron chi connectivity index (χ2n) is 4.40. The maximum Gasteiger partial charge on any atom is -0.0253 e. The number of rotatable bonds is 0. The molecule has 0 saturated heterocycles. The van der Waals surface area contributed by atoms with Crippen LogP contribution in [0.5, 0.6) is 0 Å². The van der Waals surface area contributed by atoms with Gasteiger partial charge in [-0.25, -0.2) is 12.2 Å². The average Bonchev–Trinajstić information content (AvgIpc) is 3.20. The number of allylic oxidation sites excluding steroid dienone is 4. The van der Waals surface area contributed by atoms with Gasteiger partial charge in [0.15, 0.2) is 0 Å². The van der Waals surface area contributed by atoms with Crippen molar-refractivity contribution in [3.63, 3.8) is 0 Å². The molecule has 0 amide bonds. The molecular weight excluding hydrogens is 343 g/mol. The van der Waals surface area contributed by atoms with Crippen molar-refractivity contribution in [1.82, 2.24) is 0 Å². The molecule has 0 spiro atoms. The molecule has 2 aromatic carbocycles. The maximum absolute atomic E-state index is 3.34. The van der Waals surface area contributed by atoms with Crippen molar-refractivity contribution in [3.8, 4) is 11.1 Å². The van der Waals surface area contributed by atoms with E-state index in [0.29, 0.717) is 0 Å². The molecule has 1 heteroatoms. The van der Waals surface area contributed by atoms with Gasteiger partial charge in [0, 0.05) is 0 Å². The van der Waals surface area contributed by atoms with Crippen LogP contribution < -0.4 is 0 Å². The minimum Gasteiger partial charge on any atom is -0.358 e. The Balaban J connectivity index is 0.000000422. The fourth-order valence-electron chi connectivity index (χ4n) is 2.34. The first-order chi connectivity index (χ1) is 9.95. The van der Waals surface area contributed by atoms with E-state index in [1.54, 1.807) is 0 Å². The average molecular weight is 366 g/mol. The van der Waals surface area contributed by atoms with Gasteiger partial charge in [-0.05, 0) is 6.42 Å². The van der Waals surface area contributed by atoms with Gasteiger partial charge in [0.05, 0.1) is 0 Å². The van der Waals surface area contributed by atoms with Crippen LogP contribution >= 0.6 is 0 Å². The van der Waals surface area contributed by atoms with Gasteiger partial charge in [-0.2, -0.15) is 35.9 Å². The van der Waals surface area contributed by atoms with Crippen LogP contribution in [0.3, 0.4) is 0 Å². The molecule has 0 heterocycles. The third kappa shape index (κ3) is 5.14. The molecule has 114 valence electrons. The zero-order valence-corrected chi connectivity index (χ0v) is 15.9. The predicted molar refractivity (Wildman–Crippen MR) is 95.0 cm³/mol. The van der Waals surface area contributed by atoms with E-state index >= 15 is 0 Å². The van der Waals surface area contributed by atoms with Gasteiger partial charge >= 0.3 is 28.4 Å². The molecular formula is C21H22Zr-4. The third-order valence-electron chi connectivity index (χ3n) is 3.20. The van der Waals surface area contributed by atoms with Crippen molar-refractivity contribution in [2.75, 3.05) is 0 Å². The molecule has 0 N–H and O–H groups in total. The smallest absolute Gasteiger partial charge is 0.0253 e. The molecule has 0 unspecified atom stereocenters. The van der Waals surface area contributed by atoms with Crippen LogP contribution in [-0.2, 0) is 30.7 Å². The van der Waals surface area contributed by atoms with E-state index in [1.165, 1.54) is 46.5 Å². The molecule has 0 aromatic heterocycles. The van der Waals surface area contributed by atoms with E-state index < -0.39 is 0 Å². The zero-order chi connectivity index (χ0) is 14.2. The van der Waals surface area contributed by atoms with Crippen LogP contribution in [0.1, 0.15) is 17.5 Å². The molecule has 0 atom stereocenters. The van der Waals surface area contributed by atoms with E-state index in [9.17, 15) is 0 Å². The van der Waals surface area contributed by atoms with E-state index in [2.05, 4.69) is 58.8 Å². The Labute approximate surface area is 150 Å². The van der Waals surface area contributed by atoms with E-state index in [-0.39, 0.29) is 14.9 Å². The molecule has 0 aliphatic heterocycles. The Kier molecular flexibility index (Phi) is 10.6. The molecule has 0 saturated carbocycles. The second-order valence-corrected chi connectivity index (χ2v) is 4.40. The largest absolute Gasteiger partial charge is 0.358 e. The summed E-state index contributed by atoms with van der Waals surface area (Å²) in [6.45, 7) is 0. The molecule has 2 aliphatic carbocycles. The van der Waals surface area contributed by atoms with Crippen molar-refractivity contribution >= 4 is 4.21 Å². The number of fused-ring (bicyclic) bond motifs is 3. The van der Waals surface area contributed by atoms with Crippen LogP contribution in [0.2, 0.25) is 0 Å². The van der Waals surface area contributed by atoms with Gasteiger partial charge in [-0.3, -0.25) is 6.08 Å². The summed E-state index contributed by atoms with van der Waals surface area (Å²) in [6.07, 6.45) is 11.0. The van der Waals surface area contributed by atoms with E-state index in [4.69, 9.17) is 0 Å². The van der Waals surface area contributed by atoms with Gasteiger partial charge in [-0.15, -0.1) is 12.0 Å². The summed E-state index contributed by atoms with van der Waals surface area (Å²) in [7, 11) is 0. The standard InChI is InChI=1S/C13H9.C5H5.2CH3.CH2.Zr/c1-3-7-12-10(5-1)9-11-6-2-4-8-13(11)12;1-2-4-5-3-1;;;;/h1-5,7-8H,9H2;1-3H,4H2;2*1H3;1H2;/q4*-1;;. The number of hydrogen-bond donors (Lipinski definition) is 0. The SMILES string of the molecule is [C-]1=CC=CC1.[CH2]=[Zr].[CH3-].[CH3-].[c-]1cccc2c1Cc1ccccc1-2. The minimum atomic E-state index is 0. The summed E-state index contributed by atoms with van der Waals surface area (Å²) < 4.78 is 3.34. The summed E-state index contributed by atoms with van der Waals surface area (Å²) in [5, 5.41) is 0. The summed E-state index contributed by atoms with van der Waals surface area (Å²) in [6, 6.07) is 18.1. The summed E-state index contributed by atoms with van der Waals surface area (Å²) in [5.74, 6) is 0. The minimum absolute atomic E-state index is 0. The van der Waals surface area contributed by atoms with Crippen molar-refractivity contribution in [1.29, 1.82) is 0 Å². The van der Waals surface area contributed by atoms with Crippen molar-refractivity contribution in [3.05, 3.63) is 98.8 Å². The molecule has 4 rings (SSSR count).